The number of anilines is 2. The van der Waals surface area contributed by atoms with Crippen LogP contribution in [-0.4, -0.2) is 27.3 Å². The molecule has 0 radical (unpaired) electrons. The number of hydrogen-bond acceptors (Lipinski definition) is 3. The minimum atomic E-state index is -1.01. The number of benzene rings is 1. The molecular weight excluding hydrogens is 260 g/mol. The molecule has 2 aromatic rings. The first kappa shape index (κ1) is 13.6. The van der Waals surface area contributed by atoms with E-state index in [1.807, 2.05) is 0 Å². The molecule has 0 aliphatic heterocycles. The number of H-pyrrole nitrogens is 1. The highest BCUT2D eigenvalue weighted by molar-refractivity contribution is 6.00. The fraction of sp³-hybridized carbons (Fsp3) is 0.154. The van der Waals surface area contributed by atoms with E-state index in [1.54, 1.807) is 13.8 Å². The summed E-state index contributed by atoms with van der Waals surface area (Å²) in [6.07, 6.45) is 0. The summed E-state index contributed by atoms with van der Waals surface area (Å²) in [5.74, 6) is -1.01. The van der Waals surface area contributed by atoms with Gasteiger partial charge >= 0.3 is 12.0 Å². The van der Waals surface area contributed by atoms with Gasteiger partial charge in [0.2, 0.25) is 0 Å². The quantitative estimate of drug-likeness (QED) is 0.689. The number of aromatic amines is 1. The monoisotopic (exact) mass is 274 g/mol. The average Bonchev–Trinajstić information content (AvgIpc) is 2.71. The number of aromatic carboxylic acids is 1. The van der Waals surface area contributed by atoms with E-state index >= 15 is 0 Å². The molecule has 7 heteroatoms. The minimum absolute atomic E-state index is 0.164. The zero-order valence-corrected chi connectivity index (χ0v) is 11.0. The molecular formula is C13H14N4O3. The number of hydrogen-bond donors (Lipinski definition) is 4. The van der Waals surface area contributed by atoms with Crippen molar-refractivity contribution >= 4 is 23.4 Å². The van der Waals surface area contributed by atoms with Crippen LogP contribution < -0.4 is 10.6 Å². The Labute approximate surface area is 115 Å². The van der Waals surface area contributed by atoms with Crippen molar-refractivity contribution in [3.8, 4) is 0 Å². The first-order valence-electron chi connectivity index (χ1n) is 5.90. The third kappa shape index (κ3) is 2.94. The second-order valence-electron chi connectivity index (χ2n) is 4.27. The molecule has 20 heavy (non-hydrogen) atoms. The summed E-state index contributed by atoms with van der Waals surface area (Å²) in [5, 5.41) is 20.8. The average molecular weight is 274 g/mol. The van der Waals surface area contributed by atoms with Gasteiger partial charge in [0.05, 0.1) is 22.6 Å². The topological polar surface area (TPSA) is 107 Å². The highest BCUT2D eigenvalue weighted by atomic mass is 16.4. The Morgan fingerprint density at radius 2 is 1.80 bits per heavy atom. The number of amides is 2. The van der Waals surface area contributed by atoms with Crippen LogP contribution in [0.2, 0.25) is 0 Å². The molecule has 2 rings (SSSR count). The van der Waals surface area contributed by atoms with Gasteiger partial charge in [-0.15, -0.1) is 0 Å². The van der Waals surface area contributed by atoms with Gasteiger partial charge in [-0.3, -0.25) is 5.10 Å². The number of carboxylic acid groups (broad SMARTS) is 1. The van der Waals surface area contributed by atoms with Gasteiger partial charge < -0.3 is 15.7 Å². The molecule has 0 aliphatic rings. The molecule has 0 bridgehead atoms. The number of carbonyl (C=O) groups is 2. The second-order valence-corrected chi connectivity index (χ2v) is 4.27. The second kappa shape index (κ2) is 5.43. The van der Waals surface area contributed by atoms with E-state index in [9.17, 15) is 9.59 Å². The first-order chi connectivity index (χ1) is 9.47. The Balaban J connectivity index is 2.03. The van der Waals surface area contributed by atoms with Crippen LogP contribution >= 0.6 is 0 Å². The van der Waals surface area contributed by atoms with E-state index in [-0.39, 0.29) is 5.56 Å². The lowest BCUT2D eigenvalue weighted by atomic mass is 10.2. The Morgan fingerprint density at radius 3 is 2.30 bits per heavy atom. The van der Waals surface area contributed by atoms with Crippen LogP contribution in [0.25, 0.3) is 0 Å². The third-order valence-corrected chi connectivity index (χ3v) is 2.76. The number of carbonyl (C=O) groups excluding carboxylic acids is 1. The van der Waals surface area contributed by atoms with Crippen molar-refractivity contribution in [3.05, 3.63) is 41.2 Å². The van der Waals surface area contributed by atoms with Crippen LogP contribution in [0.4, 0.5) is 16.2 Å². The SMILES string of the molecule is Cc1n[nH]c(C)c1NC(=O)Nc1ccc(C(=O)O)cc1. The van der Waals surface area contributed by atoms with Crippen molar-refractivity contribution in [1.29, 1.82) is 0 Å². The molecule has 0 saturated carbocycles. The van der Waals surface area contributed by atoms with Gasteiger partial charge in [-0.2, -0.15) is 5.10 Å². The zero-order chi connectivity index (χ0) is 14.7. The highest BCUT2D eigenvalue weighted by Crippen LogP contribution is 2.16. The highest BCUT2D eigenvalue weighted by Gasteiger charge is 2.10. The van der Waals surface area contributed by atoms with Gasteiger partial charge in [0, 0.05) is 5.69 Å². The molecule has 104 valence electrons. The summed E-state index contributed by atoms with van der Waals surface area (Å²) >= 11 is 0. The van der Waals surface area contributed by atoms with E-state index in [1.165, 1.54) is 24.3 Å². The Kier molecular flexibility index (Phi) is 3.69. The van der Waals surface area contributed by atoms with Crippen molar-refractivity contribution in [2.24, 2.45) is 0 Å². The zero-order valence-electron chi connectivity index (χ0n) is 11.0. The van der Waals surface area contributed by atoms with E-state index in [0.717, 1.165) is 5.69 Å². The van der Waals surface area contributed by atoms with Gasteiger partial charge in [-0.1, -0.05) is 0 Å². The van der Waals surface area contributed by atoms with Crippen LogP contribution in [0.15, 0.2) is 24.3 Å². The molecule has 0 saturated heterocycles. The largest absolute Gasteiger partial charge is 0.478 e. The summed E-state index contributed by atoms with van der Waals surface area (Å²) in [7, 11) is 0. The van der Waals surface area contributed by atoms with Gasteiger partial charge in [-0.25, -0.2) is 9.59 Å². The van der Waals surface area contributed by atoms with Crippen LogP contribution in [0.3, 0.4) is 0 Å². The molecule has 1 heterocycles. The molecule has 0 spiro atoms. The van der Waals surface area contributed by atoms with Crippen molar-refractivity contribution in [3.63, 3.8) is 0 Å². The summed E-state index contributed by atoms with van der Waals surface area (Å²) in [6, 6.07) is 5.48. The van der Waals surface area contributed by atoms with Crippen LogP contribution in [0, 0.1) is 13.8 Å². The minimum Gasteiger partial charge on any atom is -0.478 e. The van der Waals surface area contributed by atoms with Crippen LogP contribution in [0.1, 0.15) is 21.7 Å². The van der Waals surface area contributed by atoms with Crippen LogP contribution in [0.5, 0.6) is 0 Å². The maximum absolute atomic E-state index is 11.8. The predicted octanol–water partition coefficient (Wildman–Crippen LogP) is 2.37. The van der Waals surface area contributed by atoms with Crippen molar-refractivity contribution in [1.82, 2.24) is 10.2 Å². The fourth-order valence-electron chi connectivity index (χ4n) is 1.71. The maximum atomic E-state index is 11.8. The lowest BCUT2D eigenvalue weighted by molar-refractivity contribution is 0.0697. The predicted molar refractivity (Wildman–Crippen MR) is 74.1 cm³/mol. The van der Waals surface area contributed by atoms with Gasteiger partial charge in [0.25, 0.3) is 0 Å². The van der Waals surface area contributed by atoms with E-state index < -0.39 is 12.0 Å². The van der Waals surface area contributed by atoms with Crippen LogP contribution in [-0.2, 0) is 0 Å². The van der Waals surface area contributed by atoms with Gasteiger partial charge in [-0.05, 0) is 38.1 Å². The van der Waals surface area contributed by atoms with Gasteiger partial charge in [0.15, 0.2) is 0 Å². The summed E-state index contributed by atoms with van der Waals surface area (Å²) in [5.41, 5.74) is 2.76. The van der Waals surface area contributed by atoms with Crippen molar-refractivity contribution < 1.29 is 14.7 Å². The lowest BCUT2D eigenvalue weighted by Gasteiger charge is -2.07. The fourth-order valence-corrected chi connectivity index (χ4v) is 1.71. The number of aryl methyl sites for hydroxylation is 2. The number of carboxylic acids is 1. The molecule has 1 aromatic carbocycles. The Hall–Kier alpha value is -2.83. The molecule has 0 fully saturated rings. The Morgan fingerprint density at radius 1 is 1.15 bits per heavy atom. The maximum Gasteiger partial charge on any atom is 0.335 e. The summed E-state index contributed by atoms with van der Waals surface area (Å²) in [6.45, 7) is 3.58. The van der Waals surface area contributed by atoms with Gasteiger partial charge in [0.1, 0.15) is 0 Å². The Bertz CT molecular complexity index is 627. The lowest BCUT2D eigenvalue weighted by Crippen LogP contribution is -2.20. The summed E-state index contributed by atoms with van der Waals surface area (Å²) < 4.78 is 0. The third-order valence-electron chi connectivity index (χ3n) is 2.76. The molecule has 2 amide bonds. The smallest absolute Gasteiger partial charge is 0.335 e. The molecule has 0 unspecified atom stereocenters. The molecule has 4 N–H and O–H groups in total. The number of nitrogens with one attached hydrogen (secondary N) is 3. The van der Waals surface area contributed by atoms with E-state index in [4.69, 9.17) is 5.11 Å². The number of urea groups is 1. The molecule has 7 nitrogen and oxygen atoms in total. The normalized spacial score (nSPS) is 10.1. The summed E-state index contributed by atoms with van der Waals surface area (Å²) in [4.78, 5) is 22.5. The first-order valence-corrected chi connectivity index (χ1v) is 5.90. The molecule has 0 aliphatic carbocycles. The van der Waals surface area contributed by atoms with E-state index in [0.29, 0.717) is 17.1 Å². The number of aromatic nitrogens is 2. The number of rotatable bonds is 3. The molecule has 1 aromatic heterocycles. The van der Waals surface area contributed by atoms with E-state index in [2.05, 4.69) is 20.8 Å². The van der Waals surface area contributed by atoms with Crippen molar-refractivity contribution in [2.75, 3.05) is 10.6 Å². The van der Waals surface area contributed by atoms with Crippen molar-refractivity contribution in [2.45, 2.75) is 13.8 Å². The number of nitrogens with zero attached hydrogens (tertiary/aromatic N) is 1. The standard InChI is InChI=1S/C13H14N4O3/c1-7-11(8(2)17-16-7)15-13(20)14-10-5-3-9(4-6-10)12(18)19/h3-6H,1-2H3,(H,16,17)(H,18,19)(H2,14,15,20). The molecule has 0 atom stereocenters.